The molecule has 1 aliphatic carbocycles. The molecule has 1 atom stereocenters. The molecule has 0 saturated heterocycles. The Kier molecular flexibility index (Phi) is 5.20. The predicted octanol–water partition coefficient (Wildman–Crippen LogP) is 3.71. The van der Waals surface area contributed by atoms with Crippen molar-refractivity contribution in [3.63, 3.8) is 0 Å². The van der Waals surface area contributed by atoms with Crippen molar-refractivity contribution in [2.75, 3.05) is 20.8 Å². The van der Waals surface area contributed by atoms with Crippen molar-refractivity contribution in [2.24, 2.45) is 5.41 Å². The maximum Gasteiger partial charge on any atom is 0.229 e. The lowest BCUT2D eigenvalue weighted by Gasteiger charge is -2.14. The summed E-state index contributed by atoms with van der Waals surface area (Å²) in [6.45, 7) is 2.26. The van der Waals surface area contributed by atoms with Gasteiger partial charge in [-0.25, -0.2) is 0 Å². The van der Waals surface area contributed by atoms with E-state index in [4.69, 9.17) is 32.7 Å². The molecular weight excluding hydrogens is 393 g/mol. The second kappa shape index (κ2) is 6.46. The minimum absolute atomic E-state index is 0.117. The first-order valence-electron chi connectivity index (χ1n) is 6.81. The van der Waals surface area contributed by atoms with Crippen molar-refractivity contribution in [2.45, 2.75) is 24.1 Å². The summed E-state index contributed by atoms with van der Waals surface area (Å²) in [5, 5.41) is 2.88. The molecule has 122 valence electrons. The van der Waals surface area contributed by atoms with Gasteiger partial charge in [0.25, 0.3) is 0 Å². The molecule has 0 aromatic heterocycles. The topological polar surface area (TPSA) is 47.6 Å². The summed E-state index contributed by atoms with van der Waals surface area (Å²) in [4.78, 5) is 12.1. The van der Waals surface area contributed by atoms with E-state index in [1.165, 1.54) is 0 Å². The lowest BCUT2D eigenvalue weighted by Crippen LogP contribution is -2.34. The fourth-order valence-corrected chi connectivity index (χ4v) is 3.47. The number of hydrogen-bond donors (Lipinski definition) is 1. The zero-order valence-corrected chi connectivity index (χ0v) is 15.7. The Morgan fingerprint density at radius 3 is 2.36 bits per heavy atom. The summed E-state index contributed by atoms with van der Waals surface area (Å²) < 4.78 is 10.5. The van der Waals surface area contributed by atoms with Gasteiger partial charge in [0.2, 0.25) is 5.91 Å². The summed E-state index contributed by atoms with van der Waals surface area (Å²) in [5.74, 6) is 1.19. The lowest BCUT2D eigenvalue weighted by atomic mass is 10.1. The van der Waals surface area contributed by atoms with Gasteiger partial charge in [0.05, 0.1) is 19.6 Å². The van der Waals surface area contributed by atoms with E-state index in [1.807, 2.05) is 12.1 Å². The SMILES string of the molecule is COc1cc(Br)c(CCNC(=O)C2(C)CC2(Cl)Cl)cc1OC. The Morgan fingerprint density at radius 1 is 1.32 bits per heavy atom. The minimum Gasteiger partial charge on any atom is -0.493 e. The Bertz CT molecular complexity index is 594. The second-order valence-electron chi connectivity index (χ2n) is 5.52. The van der Waals surface area contributed by atoms with Gasteiger partial charge in [-0.05, 0) is 37.5 Å². The molecule has 1 unspecified atom stereocenters. The summed E-state index contributed by atoms with van der Waals surface area (Å²) >= 11 is 15.5. The van der Waals surface area contributed by atoms with Crippen LogP contribution in [-0.2, 0) is 11.2 Å². The van der Waals surface area contributed by atoms with Crippen LogP contribution >= 0.6 is 39.1 Å². The zero-order chi connectivity index (χ0) is 16.5. The van der Waals surface area contributed by atoms with Crippen molar-refractivity contribution in [1.29, 1.82) is 0 Å². The van der Waals surface area contributed by atoms with Gasteiger partial charge in [-0.15, -0.1) is 23.2 Å². The number of ether oxygens (including phenoxy) is 2. The summed E-state index contributed by atoms with van der Waals surface area (Å²) in [6.07, 6.45) is 1.13. The molecule has 22 heavy (non-hydrogen) atoms. The maximum atomic E-state index is 12.1. The van der Waals surface area contributed by atoms with Gasteiger partial charge in [-0.3, -0.25) is 4.79 Å². The third-order valence-corrected chi connectivity index (χ3v) is 5.83. The molecule has 0 spiro atoms. The number of hydrogen-bond acceptors (Lipinski definition) is 3. The van der Waals surface area contributed by atoms with Gasteiger partial charge in [0, 0.05) is 11.0 Å². The first kappa shape index (κ1) is 17.7. The Balaban J connectivity index is 1.96. The van der Waals surface area contributed by atoms with Crippen molar-refractivity contribution < 1.29 is 14.3 Å². The van der Waals surface area contributed by atoms with Crippen LogP contribution in [0.25, 0.3) is 0 Å². The molecule has 1 aromatic carbocycles. The molecular formula is C15H18BrCl2NO3. The van der Waals surface area contributed by atoms with Crippen LogP contribution in [0, 0.1) is 5.41 Å². The van der Waals surface area contributed by atoms with E-state index < -0.39 is 9.75 Å². The smallest absolute Gasteiger partial charge is 0.229 e. The van der Waals surface area contributed by atoms with E-state index in [0.717, 1.165) is 10.0 Å². The van der Waals surface area contributed by atoms with E-state index in [1.54, 1.807) is 21.1 Å². The van der Waals surface area contributed by atoms with Crippen molar-refractivity contribution in [1.82, 2.24) is 5.32 Å². The molecule has 0 bridgehead atoms. The molecule has 1 aromatic rings. The van der Waals surface area contributed by atoms with Gasteiger partial charge in [-0.2, -0.15) is 0 Å². The number of halogens is 3. The van der Waals surface area contributed by atoms with E-state index in [9.17, 15) is 4.79 Å². The van der Waals surface area contributed by atoms with Crippen LogP contribution in [-0.4, -0.2) is 31.0 Å². The van der Waals surface area contributed by atoms with Crippen molar-refractivity contribution in [3.05, 3.63) is 22.2 Å². The summed E-state index contributed by atoms with van der Waals surface area (Å²) in [6, 6.07) is 3.74. The largest absolute Gasteiger partial charge is 0.493 e. The van der Waals surface area contributed by atoms with Crippen LogP contribution in [0.15, 0.2) is 16.6 Å². The van der Waals surface area contributed by atoms with Crippen LogP contribution in [0.2, 0.25) is 0 Å². The number of benzene rings is 1. The Morgan fingerprint density at radius 2 is 1.86 bits per heavy atom. The Hall–Kier alpha value is -0.650. The molecule has 0 aliphatic heterocycles. The van der Waals surface area contributed by atoms with E-state index in [2.05, 4.69) is 21.2 Å². The number of nitrogens with one attached hydrogen (secondary N) is 1. The highest BCUT2D eigenvalue weighted by Gasteiger charge is 2.67. The van der Waals surface area contributed by atoms with Crippen LogP contribution in [0.5, 0.6) is 11.5 Å². The molecule has 1 N–H and O–H groups in total. The number of rotatable bonds is 6. The van der Waals surface area contributed by atoms with E-state index in [-0.39, 0.29) is 5.91 Å². The number of carbonyl (C=O) groups excluding carboxylic acids is 1. The summed E-state index contributed by atoms with van der Waals surface area (Å²) in [7, 11) is 3.18. The average Bonchev–Trinajstić information content (AvgIpc) is 3.00. The standard InChI is InChI=1S/C15H18BrCl2NO3/c1-14(8-15(14,17)18)13(20)19-5-4-9-6-11(21-2)12(22-3)7-10(9)16/h6-7H,4-5,8H2,1-3H3,(H,19,20). The molecule has 1 fully saturated rings. The van der Waals surface area contributed by atoms with Crippen LogP contribution in [0.3, 0.4) is 0 Å². The third-order valence-electron chi connectivity index (χ3n) is 3.99. The highest BCUT2D eigenvalue weighted by Crippen LogP contribution is 2.63. The van der Waals surface area contributed by atoms with Gasteiger partial charge in [0.15, 0.2) is 11.5 Å². The quantitative estimate of drug-likeness (QED) is 0.727. The Labute approximate surface area is 148 Å². The molecule has 1 saturated carbocycles. The number of methoxy groups -OCH3 is 2. The third kappa shape index (κ3) is 3.31. The van der Waals surface area contributed by atoms with Gasteiger partial charge >= 0.3 is 0 Å². The van der Waals surface area contributed by atoms with Gasteiger partial charge < -0.3 is 14.8 Å². The normalized spacial score (nSPS) is 22.1. The molecule has 4 nitrogen and oxygen atoms in total. The monoisotopic (exact) mass is 409 g/mol. The van der Waals surface area contributed by atoms with Crippen molar-refractivity contribution >= 4 is 45.0 Å². The summed E-state index contributed by atoms with van der Waals surface area (Å²) in [5.41, 5.74) is 0.326. The fraction of sp³-hybridized carbons (Fsp3) is 0.533. The molecule has 7 heteroatoms. The highest BCUT2D eigenvalue weighted by atomic mass is 79.9. The highest BCUT2D eigenvalue weighted by molar-refractivity contribution is 9.10. The zero-order valence-electron chi connectivity index (χ0n) is 12.6. The number of alkyl halides is 2. The van der Waals surface area contributed by atoms with E-state index in [0.29, 0.717) is 30.9 Å². The van der Waals surface area contributed by atoms with Gasteiger partial charge in [0.1, 0.15) is 4.33 Å². The first-order valence-corrected chi connectivity index (χ1v) is 8.36. The molecule has 1 amide bonds. The van der Waals surface area contributed by atoms with Crippen LogP contribution in [0.4, 0.5) is 0 Å². The van der Waals surface area contributed by atoms with Gasteiger partial charge in [-0.1, -0.05) is 15.9 Å². The minimum atomic E-state index is -0.943. The number of carbonyl (C=O) groups is 1. The van der Waals surface area contributed by atoms with E-state index >= 15 is 0 Å². The fourth-order valence-electron chi connectivity index (χ4n) is 2.24. The number of amides is 1. The first-order chi connectivity index (χ1) is 10.2. The van der Waals surface area contributed by atoms with Crippen LogP contribution in [0.1, 0.15) is 18.9 Å². The molecule has 1 aliphatic rings. The molecule has 0 radical (unpaired) electrons. The second-order valence-corrected chi connectivity index (χ2v) is 7.86. The average molecular weight is 411 g/mol. The maximum absolute atomic E-state index is 12.1. The predicted molar refractivity (Wildman–Crippen MR) is 91.1 cm³/mol. The van der Waals surface area contributed by atoms with Crippen molar-refractivity contribution in [3.8, 4) is 11.5 Å². The van der Waals surface area contributed by atoms with Crippen LogP contribution < -0.4 is 14.8 Å². The molecule has 0 heterocycles. The lowest BCUT2D eigenvalue weighted by molar-refractivity contribution is -0.125. The molecule has 2 rings (SSSR count).